The molecule has 0 aliphatic carbocycles. The number of hydrogen-bond donors (Lipinski definition) is 3. The van der Waals surface area contributed by atoms with Crippen molar-refractivity contribution in [1.29, 1.82) is 0 Å². The van der Waals surface area contributed by atoms with Crippen molar-refractivity contribution in [1.82, 2.24) is 15.4 Å². The van der Waals surface area contributed by atoms with Gasteiger partial charge >= 0.3 is 6.03 Å². The molecule has 0 atom stereocenters. The van der Waals surface area contributed by atoms with Gasteiger partial charge in [0.1, 0.15) is 17.3 Å². The molecule has 0 spiro atoms. The van der Waals surface area contributed by atoms with Crippen molar-refractivity contribution in [3.05, 3.63) is 52.2 Å². The first-order valence-corrected chi connectivity index (χ1v) is 12.3. The van der Waals surface area contributed by atoms with Crippen molar-refractivity contribution in [2.45, 2.75) is 18.2 Å². The average molecular weight is 482 g/mol. The van der Waals surface area contributed by atoms with Crippen LogP contribution in [0.5, 0.6) is 5.75 Å². The van der Waals surface area contributed by atoms with Crippen LogP contribution in [0.3, 0.4) is 0 Å². The summed E-state index contributed by atoms with van der Waals surface area (Å²) < 4.78 is 38.1. The number of sulfonamides is 1. The fourth-order valence-electron chi connectivity index (χ4n) is 2.55. The summed E-state index contributed by atoms with van der Waals surface area (Å²) in [6.07, 6.45) is 3.56. The predicted octanol–water partition coefficient (Wildman–Crippen LogP) is 2.15. The number of thiophene rings is 1. The maximum Gasteiger partial charge on any atom is 0.328 e. The molecule has 0 radical (unpaired) electrons. The van der Waals surface area contributed by atoms with Gasteiger partial charge in [-0.05, 0) is 48.6 Å². The number of hydrogen-bond acceptors (Lipinski definition) is 7. The molecule has 32 heavy (non-hydrogen) atoms. The minimum Gasteiger partial charge on any atom is -0.490 e. The van der Waals surface area contributed by atoms with Crippen LogP contribution in [-0.2, 0) is 26.0 Å². The van der Waals surface area contributed by atoms with Gasteiger partial charge in [0.05, 0.1) is 6.61 Å². The van der Waals surface area contributed by atoms with E-state index in [0.717, 1.165) is 4.88 Å². The van der Waals surface area contributed by atoms with Crippen LogP contribution in [0.15, 0.2) is 46.7 Å². The van der Waals surface area contributed by atoms with Crippen LogP contribution in [0.2, 0.25) is 0 Å². The van der Waals surface area contributed by atoms with Gasteiger partial charge in [0.15, 0.2) is 0 Å². The molecule has 3 amide bonds. The van der Waals surface area contributed by atoms with E-state index in [1.165, 1.54) is 36.6 Å². The first kappa shape index (κ1) is 25.4. The van der Waals surface area contributed by atoms with Gasteiger partial charge in [0.25, 0.3) is 10.0 Å². The van der Waals surface area contributed by atoms with E-state index >= 15 is 0 Å². The minimum absolute atomic E-state index is 0.104. The lowest BCUT2D eigenvalue weighted by Gasteiger charge is -2.14. The maximum atomic E-state index is 12.7. The number of nitrogens with one attached hydrogen (secondary N) is 3. The van der Waals surface area contributed by atoms with Gasteiger partial charge in [-0.2, -0.15) is 0 Å². The summed E-state index contributed by atoms with van der Waals surface area (Å²) in [5.41, 5.74) is 0.655. The van der Waals surface area contributed by atoms with Crippen molar-refractivity contribution in [3.8, 4) is 5.75 Å². The zero-order valence-corrected chi connectivity index (χ0v) is 19.6. The number of carbonyl (C=O) groups excluding carboxylic acids is 2. The van der Waals surface area contributed by atoms with Crippen LogP contribution in [-0.4, -0.2) is 53.8 Å². The fourth-order valence-corrected chi connectivity index (χ4v) is 4.33. The monoisotopic (exact) mass is 481 g/mol. The summed E-state index contributed by atoms with van der Waals surface area (Å²) in [5.74, 6) is -0.142. The number of urea groups is 1. The highest BCUT2D eigenvalue weighted by molar-refractivity contribution is 7.90. The molecule has 9 nitrogen and oxygen atoms in total. The van der Waals surface area contributed by atoms with E-state index in [9.17, 15) is 18.0 Å². The first-order valence-electron chi connectivity index (χ1n) is 9.93. The minimum atomic E-state index is -4.17. The van der Waals surface area contributed by atoms with E-state index in [1.54, 1.807) is 12.1 Å². The molecule has 0 saturated heterocycles. The Kier molecular flexibility index (Phi) is 10.2. The average Bonchev–Trinajstić information content (AvgIpc) is 3.29. The quantitative estimate of drug-likeness (QED) is 0.315. The van der Waals surface area contributed by atoms with Crippen LogP contribution in [0, 0.1) is 0 Å². The van der Waals surface area contributed by atoms with Gasteiger partial charge in [-0.3, -0.25) is 4.79 Å². The lowest BCUT2D eigenvalue weighted by molar-refractivity contribution is -0.116. The highest BCUT2D eigenvalue weighted by atomic mass is 32.2. The van der Waals surface area contributed by atoms with Crippen LogP contribution >= 0.6 is 11.3 Å². The number of rotatable bonds is 12. The summed E-state index contributed by atoms with van der Waals surface area (Å²) >= 11 is 1.53. The number of ether oxygens (including phenoxy) is 2. The van der Waals surface area contributed by atoms with E-state index in [1.807, 2.05) is 29.2 Å². The SMILES string of the molecule is CCOCCOc1ccc(CCNC(=O)/C=C/c2cccs2)cc1S(=O)(=O)NC(=O)NC. The van der Waals surface area contributed by atoms with Gasteiger partial charge in [0, 0.05) is 31.2 Å². The predicted molar refractivity (Wildman–Crippen MR) is 123 cm³/mol. The third-order valence-corrected chi connectivity index (χ3v) is 6.29. The topological polar surface area (TPSA) is 123 Å². The van der Waals surface area contributed by atoms with Gasteiger partial charge in [-0.15, -0.1) is 11.3 Å². The Morgan fingerprint density at radius 2 is 2.00 bits per heavy atom. The van der Waals surface area contributed by atoms with E-state index in [4.69, 9.17) is 9.47 Å². The van der Waals surface area contributed by atoms with E-state index in [2.05, 4.69) is 10.6 Å². The molecule has 0 aliphatic heterocycles. The Labute approximate surface area is 191 Å². The normalized spacial score (nSPS) is 11.3. The van der Waals surface area contributed by atoms with E-state index in [0.29, 0.717) is 31.7 Å². The van der Waals surface area contributed by atoms with E-state index in [-0.39, 0.29) is 23.2 Å². The molecule has 0 unspecified atom stereocenters. The van der Waals surface area contributed by atoms with Crippen molar-refractivity contribution < 1.29 is 27.5 Å². The second kappa shape index (κ2) is 12.8. The Bertz CT molecular complexity index is 1020. The van der Waals surface area contributed by atoms with Crippen molar-refractivity contribution in [3.63, 3.8) is 0 Å². The van der Waals surface area contributed by atoms with Crippen LogP contribution < -0.4 is 20.1 Å². The summed E-state index contributed by atoms with van der Waals surface area (Å²) in [7, 11) is -2.85. The molecule has 174 valence electrons. The highest BCUT2D eigenvalue weighted by Gasteiger charge is 2.22. The standard InChI is InChI=1S/C21H27N3O6S2/c1-3-29-12-13-30-18-8-6-16(15-19(18)32(27,28)24-21(26)22-2)10-11-23-20(25)9-7-17-5-4-14-31-17/h4-9,14-15H,3,10-13H2,1-2H3,(H,23,25)(H2,22,24,26)/b9-7+. The zero-order chi connectivity index (χ0) is 23.4. The lowest BCUT2D eigenvalue weighted by atomic mass is 10.1. The summed E-state index contributed by atoms with van der Waals surface area (Å²) in [4.78, 5) is 24.3. The number of carbonyl (C=O) groups is 2. The zero-order valence-electron chi connectivity index (χ0n) is 17.9. The lowest BCUT2D eigenvalue weighted by Crippen LogP contribution is -2.37. The molecule has 0 aliphatic rings. The second-order valence-corrected chi connectivity index (χ2v) is 9.03. The molecular weight excluding hydrogens is 454 g/mol. The highest BCUT2D eigenvalue weighted by Crippen LogP contribution is 2.25. The molecule has 2 rings (SSSR count). The molecule has 2 aromatic rings. The number of benzene rings is 1. The van der Waals surface area contributed by atoms with Gasteiger partial charge in [-0.1, -0.05) is 12.1 Å². The number of amides is 3. The van der Waals surface area contributed by atoms with Crippen LogP contribution in [0.4, 0.5) is 4.79 Å². The third-order valence-electron chi connectivity index (χ3n) is 4.10. The summed E-state index contributed by atoms with van der Waals surface area (Å²) in [5, 5.41) is 6.89. The molecule has 1 aromatic carbocycles. The summed E-state index contributed by atoms with van der Waals surface area (Å²) in [6.45, 7) is 3.11. The smallest absolute Gasteiger partial charge is 0.328 e. The second-order valence-electron chi connectivity index (χ2n) is 6.40. The molecule has 1 aromatic heterocycles. The van der Waals surface area contributed by atoms with Crippen molar-refractivity contribution in [2.24, 2.45) is 0 Å². The molecule has 1 heterocycles. The van der Waals surface area contributed by atoms with Crippen molar-refractivity contribution >= 4 is 39.4 Å². The third kappa shape index (κ3) is 8.33. The van der Waals surface area contributed by atoms with E-state index < -0.39 is 16.1 Å². The van der Waals surface area contributed by atoms with Gasteiger partial charge in [-0.25, -0.2) is 17.9 Å². The molecule has 11 heteroatoms. The molecule has 3 N–H and O–H groups in total. The van der Waals surface area contributed by atoms with Crippen LogP contribution in [0.1, 0.15) is 17.4 Å². The summed E-state index contributed by atoms with van der Waals surface area (Å²) in [6, 6.07) is 7.61. The molecule has 0 bridgehead atoms. The van der Waals surface area contributed by atoms with Crippen LogP contribution in [0.25, 0.3) is 6.08 Å². The fraction of sp³-hybridized carbons (Fsp3) is 0.333. The molecular formula is C21H27N3O6S2. The maximum absolute atomic E-state index is 12.7. The van der Waals surface area contributed by atoms with Gasteiger partial charge in [0.2, 0.25) is 5.91 Å². The Morgan fingerprint density at radius 1 is 1.19 bits per heavy atom. The Balaban J connectivity index is 2.07. The molecule has 0 fully saturated rings. The Morgan fingerprint density at radius 3 is 2.69 bits per heavy atom. The first-order chi connectivity index (χ1) is 15.4. The van der Waals surface area contributed by atoms with Gasteiger partial charge < -0.3 is 20.1 Å². The largest absolute Gasteiger partial charge is 0.490 e. The van der Waals surface area contributed by atoms with Crippen molar-refractivity contribution in [2.75, 3.05) is 33.4 Å². The molecule has 0 saturated carbocycles. The Hall–Kier alpha value is -2.89.